The van der Waals surface area contributed by atoms with E-state index in [1.54, 1.807) is 0 Å². The second kappa shape index (κ2) is 2.03. The van der Waals surface area contributed by atoms with Crippen molar-refractivity contribution in [1.29, 1.82) is 5.26 Å². The van der Waals surface area contributed by atoms with Gasteiger partial charge in [-0.2, -0.15) is 5.26 Å². The second-order valence-electron chi connectivity index (χ2n) is 1.14. The third kappa shape index (κ3) is 0.793. The van der Waals surface area contributed by atoms with Crippen LogP contribution in [0.4, 0.5) is 0 Å². The van der Waals surface area contributed by atoms with E-state index < -0.39 is 0 Å². The molecule has 1 aromatic rings. The van der Waals surface area contributed by atoms with E-state index in [1.165, 1.54) is 12.4 Å². The maximum absolute atomic E-state index is 8.18. The van der Waals surface area contributed by atoms with Gasteiger partial charge < -0.3 is 0 Å². The predicted octanol–water partition coefficient (Wildman–Crippen LogP) is 0.148. The van der Waals surface area contributed by atoms with Crippen molar-refractivity contribution in [1.82, 2.24) is 9.97 Å². The van der Waals surface area contributed by atoms with Gasteiger partial charge in [0.1, 0.15) is 18.1 Å². The van der Waals surface area contributed by atoms with Crippen LogP contribution in [0, 0.1) is 17.5 Å². The third-order valence-corrected chi connectivity index (χ3v) is 0.645. The molecule has 37 valence electrons. The summed E-state index contributed by atoms with van der Waals surface area (Å²) in [4.78, 5) is 7.10. The van der Waals surface area contributed by atoms with E-state index in [4.69, 9.17) is 5.26 Å². The molecule has 0 bridgehead atoms. The molecule has 1 rings (SSSR count). The zero-order valence-corrected chi connectivity index (χ0v) is 4.00. The SMILES string of the molecule is N#Cc1c[c]ncn1. The Hall–Kier alpha value is -1.43. The highest BCUT2D eigenvalue weighted by Crippen LogP contribution is 1.82. The summed E-state index contributed by atoms with van der Waals surface area (Å²) in [6, 6.07) is 3.28. The quantitative estimate of drug-likeness (QED) is 0.470. The van der Waals surface area contributed by atoms with Gasteiger partial charge in [-0.25, -0.2) is 9.97 Å². The van der Waals surface area contributed by atoms with Crippen LogP contribution in [0.1, 0.15) is 5.69 Å². The number of nitriles is 1. The molecule has 0 unspecified atom stereocenters. The Morgan fingerprint density at radius 3 is 3.00 bits per heavy atom. The van der Waals surface area contributed by atoms with Crippen LogP contribution in [0.2, 0.25) is 0 Å². The lowest BCUT2D eigenvalue weighted by atomic mass is 10.5. The van der Waals surface area contributed by atoms with Crippen LogP contribution >= 0.6 is 0 Å². The molecule has 3 heteroatoms. The van der Waals surface area contributed by atoms with Crippen LogP contribution in [-0.4, -0.2) is 9.97 Å². The van der Waals surface area contributed by atoms with Crippen molar-refractivity contribution < 1.29 is 0 Å². The summed E-state index contributed by atoms with van der Waals surface area (Å²) in [5.74, 6) is 0. The van der Waals surface area contributed by atoms with Gasteiger partial charge in [0.05, 0.1) is 6.20 Å². The summed E-state index contributed by atoms with van der Waals surface area (Å²) in [5.41, 5.74) is 0.347. The lowest BCUT2D eigenvalue weighted by Gasteiger charge is -1.78. The van der Waals surface area contributed by atoms with E-state index in [-0.39, 0.29) is 0 Å². The lowest BCUT2D eigenvalue weighted by molar-refractivity contribution is 1.13. The van der Waals surface area contributed by atoms with Crippen LogP contribution in [-0.2, 0) is 0 Å². The highest BCUT2D eigenvalue weighted by Gasteiger charge is 1.82. The average molecular weight is 104 g/mol. The van der Waals surface area contributed by atoms with Crippen molar-refractivity contribution in [3.8, 4) is 6.07 Å². The van der Waals surface area contributed by atoms with E-state index in [0.29, 0.717) is 5.69 Å². The zero-order chi connectivity index (χ0) is 5.82. The molecule has 0 atom stereocenters. The highest BCUT2D eigenvalue weighted by molar-refractivity contribution is 5.15. The van der Waals surface area contributed by atoms with Gasteiger partial charge >= 0.3 is 0 Å². The van der Waals surface area contributed by atoms with Gasteiger partial charge in [0.2, 0.25) is 0 Å². The number of nitrogens with zero attached hydrogens (tertiary/aromatic N) is 3. The monoisotopic (exact) mass is 104 g/mol. The topological polar surface area (TPSA) is 49.6 Å². The van der Waals surface area contributed by atoms with Crippen LogP contribution in [0.15, 0.2) is 12.4 Å². The fourth-order valence-electron chi connectivity index (χ4n) is 0.321. The van der Waals surface area contributed by atoms with E-state index in [1.807, 2.05) is 6.07 Å². The van der Waals surface area contributed by atoms with Crippen molar-refractivity contribution in [2.24, 2.45) is 0 Å². The first-order chi connectivity index (χ1) is 3.93. The van der Waals surface area contributed by atoms with Gasteiger partial charge in [-0.3, -0.25) is 0 Å². The Bertz CT molecular complexity index is 199. The Labute approximate surface area is 46.6 Å². The summed E-state index contributed by atoms with van der Waals surface area (Å²) >= 11 is 0. The number of rotatable bonds is 0. The Morgan fingerprint density at radius 2 is 2.62 bits per heavy atom. The average Bonchev–Trinajstić information content (AvgIpc) is 1.90. The Balaban J connectivity index is 3.05. The minimum absolute atomic E-state index is 0.347. The number of hydrogen-bond donors (Lipinski definition) is 0. The Kier molecular flexibility index (Phi) is 1.20. The minimum atomic E-state index is 0.347. The molecule has 0 N–H and O–H groups in total. The minimum Gasteiger partial charge on any atom is -0.235 e. The first-order valence-corrected chi connectivity index (χ1v) is 2.01. The first kappa shape index (κ1) is 4.72. The molecule has 0 aromatic carbocycles. The Morgan fingerprint density at radius 1 is 1.75 bits per heavy atom. The molecule has 1 radical (unpaired) electrons. The van der Waals surface area contributed by atoms with Crippen molar-refractivity contribution in [2.75, 3.05) is 0 Å². The molecule has 0 saturated carbocycles. The molecule has 0 aliphatic heterocycles. The van der Waals surface area contributed by atoms with Crippen LogP contribution in [0.5, 0.6) is 0 Å². The largest absolute Gasteiger partial charge is 0.235 e. The fraction of sp³-hybridized carbons (Fsp3) is 0. The normalized spacial score (nSPS) is 7.88. The van der Waals surface area contributed by atoms with E-state index >= 15 is 0 Å². The van der Waals surface area contributed by atoms with E-state index in [0.717, 1.165) is 0 Å². The van der Waals surface area contributed by atoms with Crippen molar-refractivity contribution in [3.05, 3.63) is 24.3 Å². The molecule has 0 fully saturated rings. The summed E-state index contributed by atoms with van der Waals surface area (Å²) in [7, 11) is 0. The molecule has 0 aliphatic rings. The molecule has 0 amide bonds. The molecular formula is C5H2N3. The van der Waals surface area contributed by atoms with E-state index in [2.05, 4.69) is 16.2 Å². The summed E-state index contributed by atoms with van der Waals surface area (Å²) in [6.45, 7) is 0. The zero-order valence-electron chi connectivity index (χ0n) is 4.00. The molecule has 8 heavy (non-hydrogen) atoms. The van der Waals surface area contributed by atoms with Crippen molar-refractivity contribution in [3.63, 3.8) is 0 Å². The maximum Gasteiger partial charge on any atom is 0.144 e. The smallest absolute Gasteiger partial charge is 0.144 e. The van der Waals surface area contributed by atoms with Gasteiger partial charge in [-0.05, 0) is 0 Å². The van der Waals surface area contributed by atoms with E-state index in [9.17, 15) is 0 Å². The summed E-state index contributed by atoms with van der Waals surface area (Å²) in [5, 5.41) is 8.18. The van der Waals surface area contributed by atoms with Crippen molar-refractivity contribution in [2.45, 2.75) is 0 Å². The standard InChI is InChI=1S/C5H2N3/c6-3-5-1-2-7-4-8-5/h1,4H. The van der Waals surface area contributed by atoms with Crippen LogP contribution in [0.25, 0.3) is 0 Å². The van der Waals surface area contributed by atoms with Gasteiger partial charge in [0.15, 0.2) is 0 Å². The fourth-order valence-corrected chi connectivity index (χ4v) is 0.321. The second-order valence-corrected chi connectivity index (χ2v) is 1.14. The molecular weight excluding hydrogens is 102 g/mol. The molecule has 3 nitrogen and oxygen atoms in total. The van der Waals surface area contributed by atoms with Crippen LogP contribution in [0.3, 0.4) is 0 Å². The lowest BCUT2D eigenvalue weighted by Crippen LogP contribution is -1.80. The first-order valence-electron chi connectivity index (χ1n) is 2.01. The summed E-state index contributed by atoms with van der Waals surface area (Å²) in [6.07, 6.45) is 3.77. The third-order valence-electron chi connectivity index (χ3n) is 0.645. The van der Waals surface area contributed by atoms with Gasteiger partial charge in [0, 0.05) is 6.07 Å². The van der Waals surface area contributed by atoms with Crippen molar-refractivity contribution >= 4 is 0 Å². The summed E-state index contributed by atoms with van der Waals surface area (Å²) < 4.78 is 0. The van der Waals surface area contributed by atoms with Gasteiger partial charge in [-0.15, -0.1) is 0 Å². The maximum atomic E-state index is 8.18. The number of aromatic nitrogens is 2. The van der Waals surface area contributed by atoms with Gasteiger partial charge in [-0.1, -0.05) is 0 Å². The highest BCUT2D eigenvalue weighted by atomic mass is 14.8. The van der Waals surface area contributed by atoms with Crippen LogP contribution < -0.4 is 0 Å². The predicted molar refractivity (Wildman–Crippen MR) is 25.6 cm³/mol. The molecule has 1 heterocycles. The number of hydrogen-bond acceptors (Lipinski definition) is 3. The molecule has 0 aliphatic carbocycles. The molecule has 1 aromatic heterocycles. The van der Waals surface area contributed by atoms with Gasteiger partial charge in [0.25, 0.3) is 0 Å². The molecule has 0 spiro atoms. The molecule has 0 saturated heterocycles.